The van der Waals surface area contributed by atoms with E-state index in [1.54, 1.807) is 12.2 Å². The largest absolute Gasteiger partial charge is 0.481 e. The molecule has 0 spiro atoms. The van der Waals surface area contributed by atoms with E-state index in [4.69, 9.17) is 5.11 Å². The molecule has 0 saturated heterocycles. The summed E-state index contributed by atoms with van der Waals surface area (Å²) in [5.74, 6) is 0.733. The van der Waals surface area contributed by atoms with Crippen LogP contribution in [0, 0.1) is 11.8 Å². The molecule has 0 heterocycles. The van der Waals surface area contributed by atoms with Crippen molar-refractivity contribution >= 4 is 5.97 Å². The lowest BCUT2D eigenvalue weighted by Crippen LogP contribution is -2.23. The SMILES string of the molecule is CCCCCC(/C=C/C=C\C=C\C=C\C(O)C(O)CCCC(=O)O)C1CC1. The third-order valence-corrected chi connectivity index (χ3v) is 4.88. The van der Waals surface area contributed by atoms with E-state index in [9.17, 15) is 15.0 Å². The molecule has 1 rings (SSSR count). The van der Waals surface area contributed by atoms with Crippen LogP contribution in [0.25, 0.3) is 0 Å². The van der Waals surface area contributed by atoms with Crippen LogP contribution in [0.5, 0.6) is 0 Å². The summed E-state index contributed by atoms with van der Waals surface area (Å²) < 4.78 is 0. The Morgan fingerprint density at radius 3 is 2.15 bits per heavy atom. The van der Waals surface area contributed by atoms with Crippen molar-refractivity contribution < 1.29 is 20.1 Å². The van der Waals surface area contributed by atoms with Crippen LogP contribution >= 0.6 is 0 Å². The highest BCUT2D eigenvalue weighted by molar-refractivity contribution is 5.66. The molecule has 4 heteroatoms. The Hall–Kier alpha value is -1.65. The molecular weight excluding hydrogens is 340 g/mol. The van der Waals surface area contributed by atoms with E-state index in [2.05, 4.69) is 19.1 Å². The number of aliphatic hydroxyl groups excluding tert-OH is 2. The lowest BCUT2D eigenvalue weighted by Gasteiger charge is -2.13. The number of aliphatic carboxylic acids is 1. The Morgan fingerprint density at radius 1 is 0.926 bits per heavy atom. The second-order valence-electron chi connectivity index (χ2n) is 7.38. The third-order valence-electron chi connectivity index (χ3n) is 4.88. The van der Waals surface area contributed by atoms with E-state index in [-0.39, 0.29) is 12.8 Å². The van der Waals surface area contributed by atoms with Gasteiger partial charge in [-0.1, -0.05) is 74.8 Å². The van der Waals surface area contributed by atoms with Crippen LogP contribution < -0.4 is 0 Å². The van der Waals surface area contributed by atoms with Crippen molar-refractivity contribution in [3.8, 4) is 0 Å². The van der Waals surface area contributed by atoms with E-state index in [1.807, 2.05) is 18.2 Å². The maximum Gasteiger partial charge on any atom is 0.303 e. The van der Waals surface area contributed by atoms with Crippen LogP contribution in [-0.4, -0.2) is 33.5 Å². The third kappa shape index (κ3) is 12.4. The maximum absolute atomic E-state index is 10.4. The standard InChI is InChI=1S/C23H36O4/c1-2-3-8-12-19(20-17-18-20)13-9-6-4-5-7-10-14-21(24)22(25)15-11-16-23(26)27/h4-7,9-10,13-14,19-22,24-25H,2-3,8,11-12,15-18H2,1H3,(H,26,27)/b6-4-,7-5+,13-9+,14-10+. The van der Waals surface area contributed by atoms with Crippen molar-refractivity contribution in [1.82, 2.24) is 0 Å². The number of carbonyl (C=O) groups is 1. The summed E-state index contributed by atoms with van der Waals surface area (Å²) in [5, 5.41) is 28.1. The van der Waals surface area contributed by atoms with Crippen LogP contribution in [0.3, 0.4) is 0 Å². The minimum atomic E-state index is -0.977. The molecule has 0 amide bonds. The molecule has 4 nitrogen and oxygen atoms in total. The highest BCUT2D eigenvalue weighted by Gasteiger charge is 2.28. The number of carboxylic acids is 1. The zero-order valence-electron chi connectivity index (χ0n) is 16.5. The van der Waals surface area contributed by atoms with Gasteiger partial charge in [0.2, 0.25) is 0 Å². The molecule has 0 radical (unpaired) electrons. The minimum Gasteiger partial charge on any atom is -0.481 e. The number of carboxylic acid groups (broad SMARTS) is 1. The zero-order valence-corrected chi connectivity index (χ0v) is 16.5. The van der Waals surface area contributed by atoms with Crippen molar-refractivity contribution in [2.24, 2.45) is 11.8 Å². The second kappa shape index (κ2) is 14.4. The predicted molar refractivity (Wildman–Crippen MR) is 110 cm³/mol. The molecule has 1 fully saturated rings. The van der Waals surface area contributed by atoms with Crippen molar-refractivity contribution in [1.29, 1.82) is 0 Å². The number of hydrogen-bond acceptors (Lipinski definition) is 3. The van der Waals surface area contributed by atoms with Crippen molar-refractivity contribution in [2.75, 3.05) is 0 Å². The summed E-state index contributed by atoms with van der Waals surface area (Å²) in [4.78, 5) is 10.4. The Bertz CT molecular complexity index is 514. The fourth-order valence-electron chi connectivity index (χ4n) is 3.05. The maximum atomic E-state index is 10.4. The molecule has 0 bridgehead atoms. The average molecular weight is 377 g/mol. The van der Waals surface area contributed by atoms with Gasteiger partial charge in [0.05, 0.1) is 12.2 Å². The van der Waals surface area contributed by atoms with E-state index in [0.717, 1.165) is 11.8 Å². The van der Waals surface area contributed by atoms with Crippen LogP contribution in [0.15, 0.2) is 48.6 Å². The van der Waals surface area contributed by atoms with Gasteiger partial charge in [-0.2, -0.15) is 0 Å². The first-order valence-corrected chi connectivity index (χ1v) is 10.3. The summed E-state index contributed by atoms with van der Waals surface area (Å²) in [6.45, 7) is 2.24. The number of unbranched alkanes of at least 4 members (excludes halogenated alkanes) is 2. The molecule has 152 valence electrons. The smallest absolute Gasteiger partial charge is 0.303 e. The lowest BCUT2D eigenvalue weighted by atomic mass is 9.96. The van der Waals surface area contributed by atoms with Crippen LogP contribution in [0.2, 0.25) is 0 Å². The number of hydrogen-bond donors (Lipinski definition) is 3. The second-order valence-corrected chi connectivity index (χ2v) is 7.38. The fourth-order valence-corrected chi connectivity index (χ4v) is 3.05. The van der Waals surface area contributed by atoms with Gasteiger partial charge in [0.15, 0.2) is 0 Å². The summed E-state index contributed by atoms with van der Waals surface area (Å²) in [5.41, 5.74) is 0. The number of aliphatic hydroxyl groups is 2. The van der Waals surface area contributed by atoms with E-state index in [0.29, 0.717) is 6.42 Å². The molecule has 27 heavy (non-hydrogen) atoms. The molecule has 1 saturated carbocycles. The molecule has 3 unspecified atom stereocenters. The molecular formula is C23H36O4. The summed E-state index contributed by atoms with van der Waals surface area (Å²) >= 11 is 0. The van der Waals surface area contributed by atoms with Gasteiger partial charge in [-0.05, 0) is 43.9 Å². The van der Waals surface area contributed by atoms with Crippen LogP contribution in [-0.2, 0) is 4.79 Å². The van der Waals surface area contributed by atoms with Gasteiger partial charge >= 0.3 is 5.97 Å². The molecule has 0 aromatic heterocycles. The van der Waals surface area contributed by atoms with Gasteiger partial charge in [0, 0.05) is 6.42 Å². The molecule has 1 aliphatic carbocycles. The van der Waals surface area contributed by atoms with E-state index >= 15 is 0 Å². The van der Waals surface area contributed by atoms with Crippen LogP contribution in [0.1, 0.15) is 64.7 Å². The van der Waals surface area contributed by atoms with E-state index in [1.165, 1.54) is 44.6 Å². The van der Waals surface area contributed by atoms with Gasteiger partial charge in [0.1, 0.15) is 0 Å². The molecule has 3 N–H and O–H groups in total. The summed E-state index contributed by atoms with van der Waals surface area (Å²) in [6.07, 6.45) is 22.0. The quantitative estimate of drug-likeness (QED) is 0.283. The van der Waals surface area contributed by atoms with Crippen LogP contribution in [0.4, 0.5) is 0 Å². The minimum absolute atomic E-state index is 0.00587. The highest BCUT2D eigenvalue weighted by atomic mass is 16.4. The normalized spacial score (nSPS) is 18.8. The topological polar surface area (TPSA) is 77.8 Å². The predicted octanol–water partition coefficient (Wildman–Crippen LogP) is 4.79. The van der Waals surface area contributed by atoms with Gasteiger partial charge in [-0.3, -0.25) is 4.79 Å². The summed E-state index contributed by atoms with van der Waals surface area (Å²) in [7, 11) is 0. The Morgan fingerprint density at radius 2 is 1.56 bits per heavy atom. The Labute approximate surface area is 164 Å². The lowest BCUT2D eigenvalue weighted by molar-refractivity contribution is -0.137. The van der Waals surface area contributed by atoms with Crippen molar-refractivity contribution in [2.45, 2.75) is 76.9 Å². The highest BCUT2D eigenvalue weighted by Crippen LogP contribution is 2.40. The average Bonchev–Trinajstić information content (AvgIpc) is 3.46. The monoisotopic (exact) mass is 376 g/mol. The van der Waals surface area contributed by atoms with Gasteiger partial charge < -0.3 is 15.3 Å². The molecule has 0 aromatic carbocycles. The Balaban J connectivity index is 2.25. The first-order valence-electron chi connectivity index (χ1n) is 10.3. The van der Waals surface area contributed by atoms with Gasteiger partial charge in [0.25, 0.3) is 0 Å². The van der Waals surface area contributed by atoms with Gasteiger partial charge in [-0.15, -0.1) is 0 Å². The molecule has 0 aliphatic heterocycles. The first-order chi connectivity index (χ1) is 13.0. The summed E-state index contributed by atoms with van der Waals surface area (Å²) in [6, 6.07) is 0. The molecule has 0 aromatic rings. The molecule has 3 atom stereocenters. The Kier molecular flexibility index (Phi) is 12.5. The van der Waals surface area contributed by atoms with Gasteiger partial charge in [-0.25, -0.2) is 0 Å². The first kappa shape index (κ1) is 23.4. The number of allylic oxidation sites excluding steroid dienone is 7. The van der Waals surface area contributed by atoms with E-state index < -0.39 is 18.2 Å². The van der Waals surface area contributed by atoms with Crippen molar-refractivity contribution in [3.05, 3.63) is 48.6 Å². The molecule has 1 aliphatic rings. The fraction of sp³-hybridized carbons (Fsp3) is 0.609. The zero-order chi connectivity index (χ0) is 19.9. The van der Waals surface area contributed by atoms with Crippen molar-refractivity contribution in [3.63, 3.8) is 0 Å². The number of rotatable bonds is 15.